The highest BCUT2D eigenvalue weighted by atomic mass is 35.5. The Morgan fingerprint density at radius 1 is 0.926 bits per heavy atom. The lowest BCUT2D eigenvalue weighted by molar-refractivity contribution is 0.866. The molecule has 0 saturated heterocycles. The van der Waals surface area contributed by atoms with E-state index in [0.717, 1.165) is 36.0 Å². The van der Waals surface area contributed by atoms with Crippen LogP contribution in [0.1, 0.15) is 19.5 Å². The van der Waals surface area contributed by atoms with Gasteiger partial charge in [0.1, 0.15) is 5.82 Å². The molecule has 0 radical (unpaired) electrons. The highest BCUT2D eigenvalue weighted by Crippen LogP contribution is 2.25. The number of benzene rings is 2. The van der Waals surface area contributed by atoms with Gasteiger partial charge in [-0.05, 0) is 57.2 Å². The number of aromatic nitrogens is 2. The second-order valence-corrected chi connectivity index (χ2v) is 6.57. The molecule has 0 aliphatic rings. The molecule has 2 N–H and O–H groups in total. The van der Waals surface area contributed by atoms with Crippen LogP contribution in [0, 0.1) is 6.92 Å². The van der Waals surface area contributed by atoms with E-state index in [9.17, 15) is 0 Å². The number of anilines is 5. The summed E-state index contributed by atoms with van der Waals surface area (Å²) in [6.07, 6.45) is 0. The van der Waals surface area contributed by atoms with Gasteiger partial charge in [0.25, 0.3) is 0 Å². The first-order valence-electron chi connectivity index (χ1n) is 9.08. The molecule has 27 heavy (non-hydrogen) atoms. The van der Waals surface area contributed by atoms with Crippen molar-refractivity contribution in [1.29, 1.82) is 0 Å². The van der Waals surface area contributed by atoms with E-state index in [4.69, 9.17) is 11.6 Å². The molecular formula is C21H24ClN5. The van der Waals surface area contributed by atoms with Crippen LogP contribution in [0.15, 0.2) is 54.6 Å². The van der Waals surface area contributed by atoms with Gasteiger partial charge >= 0.3 is 0 Å². The highest BCUT2D eigenvalue weighted by Gasteiger charge is 2.06. The summed E-state index contributed by atoms with van der Waals surface area (Å²) < 4.78 is 0. The lowest BCUT2D eigenvalue weighted by Crippen LogP contribution is -2.21. The number of nitrogens with zero attached hydrogens (tertiary/aromatic N) is 3. The molecule has 140 valence electrons. The first kappa shape index (κ1) is 19.0. The van der Waals surface area contributed by atoms with Crippen molar-refractivity contribution < 1.29 is 0 Å². The number of aryl methyl sites for hydroxylation is 1. The molecule has 0 aliphatic carbocycles. The van der Waals surface area contributed by atoms with E-state index in [0.29, 0.717) is 11.0 Å². The van der Waals surface area contributed by atoms with Gasteiger partial charge in [-0.25, -0.2) is 4.98 Å². The smallest absolute Gasteiger partial charge is 0.229 e. The molecule has 0 saturated carbocycles. The Labute approximate surface area is 165 Å². The van der Waals surface area contributed by atoms with Gasteiger partial charge in [0, 0.05) is 36.2 Å². The van der Waals surface area contributed by atoms with E-state index >= 15 is 0 Å². The number of para-hydroxylation sites is 1. The third kappa shape index (κ3) is 4.89. The van der Waals surface area contributed by atoms with Crippen LogP contribution in [0.4, 0.5) is 28.8 Å². The Bertz CT molecular complexity index is 891. The molecule has 2 aromatic carbocycles. The van der Waals surface area contributed by atoms with E-state index in [2.05, 4.69) is 63.6 Å². The number of hydrogen-bond donors (Lipinski definition) is 2. The molecule has 0 unspecified atom stereocenters. The first-order valence-corrected chi connectivity index (χ1v) is 9.46. The number of hydrogen-bond acceptors (Lipinski definition) is 5. The summed E-state index contributed by atoms with van der Waals surface area (Å²) in [6, 6.07) is 17.8. The van der Waals surface area contributed by atoms with Crippen molar-refractivity contribution >= 4 is 40.4 Å². The molecule has 6 heteroatoms. The minimum atomic E-state index is 0.505. The summed E-state index contributed by atoms with van der Waals surface area (Å²) in [7, 11) is 0. The van der Waals surface area contributed by atoms with E-state index in [1.54, 1.807) is 0 Å². The van der Waals surface area contributed by atoms with Crippen LogP contribution in [-0.2, 0) is 0 Å². The van der Waals surface area contributed by atoms with Crippen molar-refractivity contribution in [3.05, 3.63) is 65.3 Å². The summed E-state index contributed by atoms with van der Waals surface area (Å²) in [5.74, 6) is 1.23. The summed E-state index contributed by atoms with van der Waals surface area (Å²) in [4.78, 5) is 11.3. The lowest BCUT2D eigenvalue weighted by Gasteiger charge is -2.21. The second kappa shape index (κ2) is 8.73. The molecule has 0 amide bonds. The quantitative estimate of drug-likeness (QED) is 0.544. The number of rotatable bonds is 7. The summed E-state index contributed by atoms with van der Waals surface area (Å²) in [5.41, 5.74) is 3.83. The van der Waals surface area contributed by atoms with Crippen LogP contribution < -0.4 is 15.5 Å². The normalized spacial score (nSPS) is 10.5. The third-order valence-corrected chi connectivity index (χ3v) is 4.57. The van der Waals surface area contributed by atoms with Crippen LogP contribution in [0.3, 0.4) is 0 Å². The summed E-state index contributed by atoms with van der Waals surface area (Å²) in [5, 5.41) is 7.15. The molecule has 1 heterocycles. The minimum Gasteiger partial charge on any atom is -0.372 e. The predicted octanol–water partition coefficient (Wildman–Crippen LogP) is 5.77. The van der Waals surface area contributed by atoms with Gasteiger partial charge in [0.2, 0.25) is 5.95 Å². The Hall–Kier alpha value is -2.79. The monoisotopic (exact) mass is 381 g/mol. The molecule has 0 aliphatic heterocycles. The maximum absolute atomic E-state index is 6.21. The SMILES string of the molecule is CCN(CC)c1ccc(Nc2cc(C)nc(Nc3ccccc3Cl)n2)cc1. The Balaban J connectivity index is 1.77. The standard InChI is InChI=1S/C21H24ClN5/c1-4-27(5-2)17-12-10-16(11-13-17)24-20-14-15(3)23-21(26-20)25-19-9-7-6-8-18(19)22/h6-14H,4-5H2,1-3H3,(H2,23,24,25,26). The van der Waals surface area contributed by atoms with Gasteiger partial charge in [-0.15, -0.1) is 0 Å². The number of nitrogens with one attached hydrogen (secondary N) is 2. The van der Waals surface area contributed by atoms with Gasteiger partial charge in [0.15, 0.2) is 0 Å². The third-order valence-electron chi connectivity index (χ3n) is 4.24. The van der Waals surface area contributed by atoms with E-state index in [1.807, 2.05) is 37.3 Å². The zero-order chi connectivity index (χ0) is 19.2. The summed E-state index contributed by atoms with van der Waals surface area (Å²) >= 11 is 6.21. The zero-order valence-corrected chi connectivity index (χ0v) is 16.6. The van der Waals surface area contributed by atoms with Crippen LogP contribution in [0.25, 0.3) is 0 Å². The molecule has 0 bridgehead atoms. The highest BCUT2D eigenvalue weighted by molar-refractivity contribution is 6.33. The fourth-order valence-corrected chi connectivity index (χ4v) is 3.05. The molecule has 0 fully saturated rings. The molecule has 1 aromatic heterocycles. The average molecular weight is 382 g/mol. The van der Waals surface area contributed by atoms with Crippen molar-refractivity contribution in [3.63, 3.8) is 0 Å². The Kier molecular flexibility index (Phi) is 6.14. The fourth-order valence-electron chi connectivity index (χ4n) is 2.86. The second-order valence-electron chi connectivity index (χ2n) is 6.17. The maximum atomic E-state index is 6.21. The minimum absolute atomic E-state index is 0.505. The summed E-state index contributed by atoms with van der Waals surface area (Å²) in [6.45, 7) is 8.24. The maximum Gasteiger partial charge on any atom is 0.229 e. The van der Waals surface area contributed by atoms with Crippen molar-refractivity contribution in [2.24, 2.45) is 0 Å². The Morgan fingerprint density at radius 3 is 2.30 bits per heavy atom. The molecular weight excluding hydrogens is 358 g/mol. The lowest BCUT2D eigenvalue weighted by atomic mass is 10.2. The van der Waals surface area contributed by atoms with Gasteiger partial charge in [0.05, 0.1) is 10.7 Å². The van der Waals surface area contributed by atoms with E-state index in [1.165, 1.54) is 5.69 Å². The molecule has 3 aromatic rings. The molecule has 0 atom stereocenters. The van der Waals surface area contributed by atoms with Crippen LogP contribution >= 0.6 is 11.6 Å². The molecule has 5 nitrogen and oxygen atoms in total. The van der Waals surface area contributed by atoms with Crippen LogP contribution in [0.5, 0.6) is 0 Å². The fraction of sp³-hybridized carbons (Fsp3) is 0.238. The topological polar surface area (TPSA) is 53.1 Å². The van der Waals surface area contributed by atoms with Gasteiger partial charge in [-0.3, -0.25) is 0 Å². The van der Waals surface area contributed by atoms with Crippen LogP contribution in [0.2, 0.25) is 5.02 Å². The zero-order valence-electron chi connectivity index (χ0n) is 15.8. The van der Waals surface area contributed by atoms with Crippen molar-refractivity contribution in [3.8, 4) is 0 Å². The first-order chi connectivity index (χ1) is 13.1. The van der Waals surface area contributed by atoms with Crippen molar-refractivity contribution in [2.45, 2.75) is 20.8 Å². The van der Waals surface area contributed by atoms with Crippen LogP contribution in [-0.4, -0.2) is 23.1 Å². The largest absolute Gasteiger partial charge is 0.372 e. The van der Waals surface area contributed by atoms with E-state index < -0.39 is 0 Å². The Morgan fingerprint density at radius 2 is 1.63 bits per heavy atom. The predicted molar refractivity (Wildman–Crippen MR) is 115 cm³/mol. The molecule has 3 rings (SSSR count). The number of halogens is 1. The van der Waals surface area contributed by atoms with Gasteiger partial charge in [-0.2, -0.15) is 4.98 Å². The van der Waals surface area contributed by atoms with Gasteiger partial charge < -0.3 is 15.5 Å². The van der Waals surface area contributed by atoms with Crippen molar-refractivity contribution in [1.82, 2.24) is 9.97 Å². The van der Waals surface area contributed by atoms with Crippen molar-refractivity contribution in [2.75, 3.05) is 28.6 Å². The van der Waals surface area contributed by atoms with Gasteiger partial charge in [-0.1, -0.05) is 23.7 Å². The molecule has 0 spiro atoms. The average Bonchev–Trinajstić information content (AvgIpc) is 2.65. The van der Waals surface area contributed by atoms with E-state index in [-0.39, 0.29) is 0 Å².